The number of hydrogen-bond donors (Lipinski definition) is 2. The van der Waals surface area contributed by atoms with Gasteiger partial charge in [0, 0.05) is 16.6 Å². The highest BCUT2D eigenvalue weighted by atomic mass is 32.1. The summed E-state index contributed by atoms with van der Waals surface area (Å²) in [6.07, 6.45) is 0. The summed E-state index contributed by atoms with van der Waals surface area (Å²) in [5.74, 6) is 0.974. The first-order chi connectivity index (χ1) is 9.24. The molecular formula is C15H13NO2S. The Kier molecular flexibility index (Phi) is 3.01. The van der Waals surface area contributed by atoms with Gasteiger partial charge in [0.15, 0.2) is 0 Å². The zero-order valence-corrected chi connectivity index (χ0v) is 11.0. The second-order valence-electron chi connectivity index (χ2n) is 4.27. The number of nitrogens with two attached hydrogens (primary N) is 1. The highest BCUT2D eigenvalue weighted by Crippen LogP contribution is 2.31. The van der Waals surface area contributed by atoms with E-state index in [1.807, 2.05) is 12.1 Å². The number of thiophene rings is 1. The Labute approximate surface area is 114 Å². The molecule has 3 aromatic rings. The number of benzene rings is 2. The van der Waals surface area contributed by atoms with Crippen molar-refractivity contribution in [3.63, 3.8) is 0 Å². The monoisotopic (exact) mass is 271 g/mol. The molecule has 0 aliphatic heterocycles. The number of ether oxygens (including phenoxy) is 1. The lowest BCUT2D eigenvalue weighted by Gasteiger charge is -2.05. The number of anilines is 1. The molecule has 0 aliphatic rings. The van der Waals surface area contributed by atoms with E-state index >= 15 is 0 Å². The third-order valence-electron chi connectivity index (χ3n) is 2.94. The predicted octanol–water partition coefficient (Wildman–Crippen LogP) is 3.77. The summed E-state index contributed by atoms with van der Waals surface area (Å²) < 4.78 is 6.81. The van der Waals surface area contributed by atoms with E-state index in [0.29, 0.717) is 6.61 Å². The first-order valence-electron chi connectivity index (χ1n) is 5.90. The molecule has 3 nitrogen and oxygen atoms in total. The van der Waals surface area contributed by atoms with E-state index in [4.69, 9.17) is 10.5 Å². The van der Waals surface area contributed by atoms with E-state index in [0.717, 1.165) is 27.1 Å². The standard InChI is InChI=1S/C15H13NO2S/c16-14-3-1-2-13-10(9-19-15(13)14)8-18-12-6-4-11(17)5-7-12/h1-7,9,17H,8,16H2. The van der Waals surface area contributed by atoms with Gasteiger partial charge in [-0.1, -0.05) is 12.1 Å². The van der Waals surface area contributed by atoms with Crippen LogP contribution in [0.25, 0.3) is 10.1 Å². The van der Waals surface area contributed by atoms with Crippen LogP contribution < -0.4 is 10.5 Å². The molecule has 3 rings (SSSR count). The van der Waals surface area contributed by atoms with Gasteiger partial charge in [0.25, 0.3) is 0 Å². The van der Waals surface area contributed by atoms with Gasteiger partial charge < -0.3 is 15.6 Å². The quantitative estimate of drug-likeness (QED) is 0.713. The van der Waals surface area contributed by atoms with E-state index < -0.39 is 0 Å². The lowest BCUT2D eigenvalue weighted by atomic mass is 10.2. The predicted molar refractivity (Wildman–Crippen MR) is 78.7 cm³/mol. The van der Waals surface area contributed by atoms with Gasteiger partial charge in [-0.15, -0.1) is 11.3 Å². The maximum absolute atomic E-state index is 9.21. The number of hydrogen-bond acceptors (Lipinski definition) is 4. The molecule has 0 unspecified atom stereocenters. The van der Waals surface area contributed by atoms with Gasteiger partial charge in [-0.05, 0) is 35.7 Å². The first-order valence-corrected chi connectivity index (χ1v) is 6.78. The molecule has 0 fully saturated rings. The second-order valence-corrected chi connectivity index (χ2v) is 5.15. The Morgan fingerprint density at radius 3 is 2.68 bits per heavy atom. The molecule has 96 valence electrons. The van der Waals surface area contributed by atoms with Crippen molar-refractivity contribution in [1.82, 2.24) is 0 Å². The van der Waals surface area contributed by atoms with Crippen molar-refractivity contribution >= 4 is 27.1 Å². The van der Waals surface area contributed by atoms with Gasteiger partial charge in [-0.3, -0.25) is 0 Å². The van der Waals surface area contributed by atoms with Crippen molar-refractivity contribution in [1.29, 1.82) is 0 Å². The summed E-state index contributed by atoms with van der Waals surface area (Å²) in [4.78, 5) is 0. The molecule has 4 heteroatoms. The highest BCUT2D eigenvalue weighted by molar-refractivity contribution is 7.18. The van der Waals surface area contributed by atoms with E-state index in [1.54, 1.807) is 35.6 Å². The van der Waals surface area contributed by atoms with Gasteiger partial charge in [-0.2, -0.15) is 0 Å². The zero-order valence-electron chi connectivity index (χ0n) is 10.2. The number of aromatic hydroxyl groups is 1. The van der Waals surface area contributed by atoms with Crippen LogP contribution in [0.15, 0.2) is 47.8 Å². The Bertz CT molecular complexity index is 704. The molecule has 2 aromatic carbocycles. The minimum atomic E-state index is 0.237. The van der Waals surface area contributed by atoms with Crippen LogP contribution in [-0.2, 0) is 6.61 Å². The first kappa shape index (κ1) is 11.9. The van der Waals surface area contributed by atoms with Crippen molar-refractivity contribution in [3.8, 4) is 11.5 Å². The molecule has 0 saturated carbocycles. The van der Waals surface area contributed by atoms with Crippen molar-refractivity contribution < 1.29 is 9.84 Å². The number of phenolic OH excluding ortho intramolecular Hbond substituents is 1. The molecule has 0 radical (unpaired) electrons. The Hall–Kier alpha value is -2.20. The van der Waals surface area contributed by atoms with Crippen molar-refractivity contribution in [2.24, 2.45) is 0 Å². The molecule has 0 spiro atoms. The number of fused-ring (bicyclic) bond motifs is 1. The fraction of sp³-hybridized carbons (Fsp3) is 0.0667. The number of nitrogen functional groups attached to an aromatic ring is 1. The smallest absolute Gasteiger partial charge is 0.120 e. The van der Waals surface area contributed by atoms with Crippen LogP contribution in [0.4, 0.5) is 5.69 Å². The SMILES string of the molecule is Nc1cccc2c(COc3ccc(O)cc3)csc12. The van der Waals surface area contributed by atoms with E-state index in [1.165, 1.54) is 0 Å². The maximum Gasteiger partial charge on any atom is 0.120 e. The molecule has 3 N–H and O–H groups in total. The molecule has 19 heavy (non-hydrogen) atoms. The third kappa shape index (κ3) is 2.35. The lowest BCUT2D eigenvalue weighted by molar-refractivity contribution is 0.307. The Morgan fingerprint density at radius 2 is 1.89 bits per heavy atom. The van der Waals surface area contributed by atoms with Crippen LogP contribution in [0.5, 0.6) is 11.5 Å². The molecular weight excluding hydrogens is 258 g/mol. The molecule has 0 aliphatic carbocycles. The van der Waals surface area contributed by atoms with Crippen molar-refractivity contribution in [2.75, 3.05) is 5.73 Å². The van der Waals surface area contributed by atoms with E-state index in [-0.39, 0.29) is 5.75 Å². The molecule has 1 heterocycles. The minimum absolute atomic E-state index is 0.237. The summed E-state index contributed by atoms with van der Waals surface area (Å²) in [5, 5.41) is 12.4. The second kappa shape index (κ2) is 4.82. The average Bonchev–Trinajstić information content (AvgIpc) is 2.83. The largest absolute Gasteiger partial charge is 0.508 e. The topological polar surface area (TPSA) is 55.5 Å². The summed E-state index contributed by atoms with van der Waals surface area (Å²) in [6.45, 7) is 0.494. The normalized spacial score (nSPS) is 10.7. The van der Waals surface area contributed by atoms with Gasteiger partial charge in [-0.25, -0.2) is 0 Å². The van der Waals surface area contributed by atoms with Crippen LogP contribution in [0.1, 0.15) is 5.56 Å². The summed E-state index contributed by atoms with van der Waals surface area (Å²) >= 11 is 1.63. The third-order valence-corrected chi connectivity index (χ3v) is 4.04. The van der Waals surface area contributed by atoms with E-state index in [9.17, 15) is 5.11 Å². The highest BCUT2D eigenvalue weighted by Gasteiger charge is 2.06. The van der Waals surface area contributed by atoms with Crippen LogP contribution in [0.3, 0.4) is 0 Å². The number of rotatable bonds is 3. The maximum atomic E-state index is 9.21. The number of phenols is 1. The fourth-order valence-electron chi connectivity index (χ4n) is 1.95. The molecule has 0 atom stereocenters. The average molecular weight is 271 g/mol. The van der Waals surface area contributed by atoms with Crippen molar-refractivity contribution in [3.05, 3.63) is 53.4 Å². The van der Waals surface area contributed by atoms with Crippen LogP contribution in [0.2, 0.25) is 0 Å². The Morgan fingerprint density at radius 1 is 1.11 bits per heavy atom. The molecule has 0 bridgehead atoms. The van der Waals surface area contributed by atoms with Crippen molar-refractivity contribution in [2.45, 2.75) is 6.61 Å². The van der Waals surface area contributed by atoms with Gasteiger partial charge in [0.1, 0.15) is 18.1 Å². The fourth-order valence-corrected chi connectivity index (χ4v) is 2.93. The van der Waals surface area contributed by atoms with E-state index in [2.05, 4.69) is 11.4 Å². The molecule has 1 aromatic heterocycles. The zero-order chi connectivity index (χ0) is 13.2. The molecule has 0 amide bonds. The van der Waals surface area contributed by atoms with Crippen LogP contribution in [0, 0.1) is 0 Å². The van der Waals surface area contributed by atoms with Gasteiger partial charge >= 0.3 is 0 Å². The van der Waals surface area contributed by atoms with Gasteiger partial charge in [0.05, 0.1) is 4.70 Å². The summed E-state index contributed by atoms with van der Waals surface area (Å²) in [7, 11) is 0. The lowest BCUT2D eigenvalue weighted by Crippen LogP contribution is -1.94. The Balaban J connectivity index is 1.82. The molecule has 0 saturated heterocycles. The summed E-state index contributed by atoms with van der Waals surface area (Å²) in [5.41, 5.74) is 7.86. The van der Waals surface area contributed by atoms with Crippen LogP contribution >= 0.6 is 11.3 Å². The van der Waals surface area contributed by atoms with Crippen LogP contribution in [-0.4, -0.2) is 5.11 Å². The minimum Gasteiger partial charge on any atom is -0.508 e. The van der Waals surface area contributed by atoms with Gasteiger partial charge in [0.2, 0.25) is 0 Å². The summed E-state index contributed by atoms with van der Waals surface area (Å²) in [6, 6.07) is 12.6.